The molecule has 0 saturated heterocycles. The fourth-order valence-electron chi connectivity index (χ4n) is 1.79. The average molecular weight is 439 g/mol. The van der Waals surface area contributed by atoms with Crippen molar-refractivity contribution in [1.82, 2.24) is 0 Å². The molecule has 0 aromatic heterocycles. The van der Waals surface area contributed by atoms with Gasteiger partial charge in [0.2, 0.25) is 0 Å². The maximum Gasteiger partial charge on any atom is 0.416 e. The number of nitrogens with zero attached hydrogens (tertiary/aromatic N) is 2. The molecule has 0 unspecified atom stereocenters. The maximum absolute atomic E-state index is 12.6. The molecule has 2 rings (SSSR count). The number of nitro groups is 1. The van der Waals surface area contributed by atoms with Crippen LogP contribution in [0, 0.1) is 10.1 Å². The molecule has 0 atom stereocenters. The van der Waals surface area contributed by atoms with E-state index >= 15 is 0 Å². The monoisotopic (exact) mass is 437 g/mol. The summed E-state index contributed by atoms with van der Waals surface area (Å²) in [5.41, 5.74) is 0.643. The van der Waals surface area contributed by atoms with E-state index in [0.29, 0.717) is 22.2 Å². The molecule has 2 N–H and O–H groups in total. The summed E-state index contributed by atoms with van der Waals surface area (Å²) in [5, 5.41) is 24.3. The summed E-state index contributed by atoms with van der Waals surface area (Å²) in [7, 11) is 0. The molecule has 0 spiro atoms. The van der Waals surface area contributed by atoms with Crippen molar-refractivity contribution in [2.75, 3.05) is 5.43 Å². The summed E-state index contributed by atoms with van der Waals surface area (Å²) in [6, 6.07) is 4.91. The zero-order chi connectivity index (χ0) is 18.8. The standard InChI is InChI=1S/C14H8BrClF3N3O3/c15-9-3-7(4-10(16)13(9)23)6-20-21-11-2-1-8(14(17,18)19)5-12(11)22(24)25/h1-6,21,23H. The molecular formula is C14H8BrClF3N3O3. The van der Waals surface area contributed by atoms with E-state index in [-0.39, 0.29) is 16.5 Å². The Kier molecular flexibility index (Phi) is 5.53. The molecular weight excluding hydrogens is 431 g/mol. The minimum absolute atomic E-state index is 0.0522. The first kappa shape index (κ1) is 19.0. The Morgan fingerprint density at radius 2 is 2.00 bits per heavy atom. The van der Waals surface area contributed by atoms with Crippen molar-refractivity contribution in [2.24, 2.45) is 5.10 Å². The lowest BCUT2D eigenvalue weighted by atomic mass is 10.1. The van der Waals surface area contributed by atoms with Crippen LogP contribution < -0.4 is 5.43 Å². The molecule has 0 amide bonds. The lowest BCUT2D eigenvalue weighted by Crippen LogP contribution is -2.06. The third-order valence-electron chi connectivity index (χ3n) is 2.96. The number of nitro benzene ring substituents is 1. The number of rotatable bonds is 4. The second kappa shape index (κ2) is 7.28. The molecule has 6 nitrogen and oxygen atoms in total. The number of anilines is 1. The summed E-state index contributed by atoms with van der Waals surface area (Å²) in [4.78, 5) is 10.0. The number of hydrazone groups is 1. The second-order valence-electron chi connectivity index (χ2n) is 4.69. The maximum atomic E-state index is 12.6. The van der Waals surface area contributed by atoms with E-state index in [2.05, 4.69) is 26.5 Å². The van der Waals surface area contributed by atoms with Crippen molar-refractivity contribution in [3.8, 4) is 5.75 Å². The first-order chi connectivity index (χ1) is 11.6. The van der Waals surface area contributed by atoms with Gasteiger partial charge in [0.15, 0.2) is 0 Å². The summed E-state index contributed by atoms with van der Waals surface area (Å²) in [5.74, 6) is -0.162. The van der Waals surface area contributed by atoms with Gasteiger partial charge in [-0.05, 0) is 45.8 Å². The van der Waals surface area contributed by atoms with Crippen LogP contribution in [0.2, 0.25) is 5.02 Å². The first-order valence-corrected chi connectivity index (χ1v) is 7.59. The smallest absolute Gasteiger partial charge is 0.416 e. The van der Waals surface area contributed by atoms with E-state index in [1.54, 1.807) is 0 Å². The van der Waals surface area contributed by atoms with E-state index in [9.17, 15) is 28.4 Å². The number of benzene rings is 2. The highest BCUT2D eigenvalue weighted by molar-refractivity contribution is 9.10. The molecule has 0 bridgehead atoms. The molecule has 0 aliphatic carbocycles. The average Bonchev–Trinajstić information content (AvgIpc) is 2.51. The molecule has 0 saturated carbocycles. The Labute approximate surface area is 152 Å². The van der Waals surface area contributed by atoms with Crippen LogP contribution in [0.25, 0.3) is 0 Å². The van der Waals surface area contributed by atoms with Crippen LogP contribution >= 0.6 is 27.5 Å². The van der Waals surface area contributed by atoms with Gasteiger partial charge in [-0.15, -0.1) is 0 Å². The van der Waals surface area contributed by atoms with E-state index in [1.807, 2.05) is 0 Å². The number of aromatic hydroxyl groups is 1. The van der Waals surface area contributed by atoms with Gasteiger partial charge in [0.25, 0.3) is 5.69 Å². The zero-order valence-corrected chi connectivity index (χ0v) is 14.4. The normalized spacial score (nSPS) is 11.7. The molecule has 0 aliphatic heterocycles. The van der Waals surface area contributed by atoms with Crippen molar-refractivity contribution in [1.29, 1.82) is 0 Å². The van der Waals surface area contributed by atoms with Crippen molar-refractivity contribution < 1.29 is 23.2 Å². The Morgan fingerprint density at radius 3 is 2.56 bits per heavy atom. The topological polar surface area (TPSA) is 87.8 Å². The third kappa shape index (κ3) is 4.60. The first-order valence-electron chi connectivity index (χ1n) is 6.42. The summed E-state index contributed by atoms with van der Waals surface area (Å²) in [6.45, 7) is 0. The fourth-order valence-corrected chi connectivity index (χ4v) is 2.61. The van der Waals surface area contributed by atoms with Gasteiger partial charge >= 0.3 is 6.18 Å². The molecule has 25 heavy (non-hydrogen) atoms. The van der Waals surface area contributed by atoms with Gasteiger partial charge in [-0.2, -0.15) is 18.3 Å². The molecule has 132 valence electrons. The number of nitrogens with one attached hydrogen (secondary N) is 1. The number of phenols is 1. The van der Waals surface area contributed by atoms with E-state index in [0.717, 1.165) is 6.07 Å². The summed E-state index contributed by atoms with van der Waals surface area (Å²) in [6.07, 6.45) is -3.46. The summed E-state index contributed by atoms with van der Waals surface area (Å²) >= 11 is 8.86. The minimum atomic E-state index is -4.69. The van der Waals surface area contributed by atoms with Crippen LogP contribution in [0.1, 0.15) is 11.1 Å². The van der Waals surface area contributed by atoms with Gasteiger partial charge in [0, 0.05) is 6.07 Å². The van der Waals surface area contributed by atoms with Gasteiger partial charge < -0.3 is 5.11 Å². The van der Waals surface area contributed by atoms with Gasteiger partial charge in [0.05, 0.1) is 26.2 Å². The molecule has 2 aromatic rings. The fraction of sp³-hybridized carbons (Fsp3) is 0.0714. The quantitative estimate of drug-likeness (QED) is 0.391. The van der Waals surface area contributed by atoms with Gasteiger partial charge in [-0.1, -0.05) is 11.6 Å². The Hall–Kier alpha value is -2.33. The predicted molar refractivity (Wildman–Crippen MR) is 90.1 cm³/mol. The Bertz CT molecular complexity index is 836. The lowest BCUT2D eigenvalue weighted by Gasteiger charge is -2.08. The van der Waals surface area contributed by atoms with Crippen molar-refractivity contribution in [2.45, 2.75) is 6.18 Å². The van der Waals surface area contributed by atoms with Crippen LogP contribution in [0.4, 0.5) is 24.5 Å². The van der Waals surface area contributed by atoms with Crippen molar-refractivity contribution in [3.05, 3.63) is 61.1 Å². The van der Waals surface area contributed by atoms with E-state index < -0.39 is 22.4 Å². The Morgan fingerprint density at radius 1 is 1.32 bits per heavy atom. The molecule has 0 radical (unpaired) electrons. The van der Waals surface area contributed by atoms with Gasteiger partial charge in [0.1, 0.15) is 11.4 Å². The number of alkyl halides is 3. The Balaban J connectivity index is 2.27. The highest BCUT2D eigenvalue weighted by Crippen LogP contribution is 2.35. The molecule has 0 heterocycles. The number of hydrogen-bond donors (Lipinski definition) is 2. The zero-order valence-electron chi connectivity index (χ0n) is 12.0. The minimum Gasteiger partial charge on any atom is -0.505 e. The molecule has 2 aromatic carbocycles. The number of hydrogen-bond acceptors (Lipinski definition) is 5. The summed E-state index contributed by atoms with van der Waals surface area (Å²) < 4.78 is 38.2. The molecule has 0 fully saturated rings. The highest BCUT2D eigenvalue weighted by atomic mass is 79.9. The van der Waals surface area contributed by atoms with E-state index in [1.165, 1.54) is 18.3 Å². The van der Waals surface area contributed by atoms with Crippen LogP contribution in [-0.4, -0.2) is 16.2 Å². The van der Waals surface area contributed by atoms with Crippen molar-refractivity contribution in [3.63, 3.8) is 0 Å². The molecule has 0 aliphatic rings. The van der Waals surface area contributed by atoms with Crippen LogP contribution in [-0.2, 0) is 6.18 Å². The largest absolute Gasteiger partial charge is 0.505 e. The van der Waals surface area contributed by atoms with Crippen LogP contribution in [0.15, 0.2) is 39.9 Å². The van der Waals surface area contributed by atoms with Crippen LogP contribution in [0.5, 0.6) is 5.75 Å². The second-order valence-corrected chi connectivity index (χ2v) is 5.95. The van der Waals surface area contributed by atoms with Gasteiger partial charge in [-0.3, -0.25) is 15.5 Å². The van der Waals surface area contributed by atoms with Crippen molar-refractivity contribution >= 4 is 45.1 Å². The number of halogens is 5. The third-order valence-corrected chi connectivity index (χ3v) is 3.85. The lowest BCUT2D eigenvalue weighted by molar-refractivity contribution is -0.384. The predicted octanol–water partition coefficient (Wildman–Crippen LogP) is 5.18. The molecule has 11 heteroatoms. The van der Waals surface area contributed by atoms with Crippen LogP contribution in [0.3, 0.4) is 0 Å². The SMILES string of the molecule is O=[N+]([O-])c1cc(C(F)(F)F)ccc1NN=Cc1cc(Cl)c(O)c(Br)c1. The number of phenolic OH excluding ortho intramolecular Hbond substituents is 1. The van der Waals surface area contributed by atoms with Gasteiger partial charge in [-0.25, -0.2) is 0 Å². The van der Waals surface area contributed by atoms with E-state index in [4.69, 9.17) is 11.6 Å². The highest BCUT2D eigenvalue weighted by Gasteiger charge is 2.33.